The number of benzene rings is 1. The van der Waals surface area contributed by atoms with Crippen LogP contribution in [-0.2, 0) is 0 Å². The van der Waals surface area contributed by atoms with Crippen molar-refractivity contribution in [2.75, 3.05) is 26.2 Å². The maximum absolute atomic E-state index is 5.95. The Morgan fingerprint density at radius 1 is 1.23 bits per heavy atom. The maximum Gasteiger partial charge on any atom is 0.159 e. The molecule has 1 saturated heterocycles. The van der Waals surface area contributed by atoms with Gasteiger partial charge in [-0.25, -0.2) is 0 Å². The van der Waals surface area contributed by atoms with E-state index in [1.807, 2.05) is 49.4 Å². The van der Waals surface area contributed by atoms with Crippen molar-refractivity contribution in [3.05, 3.63) is 47.3 Å². The largest absolute Gasteiger partial charge is 0.492 e. The fraction of sp³-hybridized carbons (Fsp3) is 0.389. The summed E-state index contributed by atoms with van der Waals surface area (Å²) in [5.74, 6) is 1.67. The van der Waals surface area contributed by atoms with Gasteiger partial charge in [0.25, 0.3) is 0 Å². The van der Waals surface area contributed by atoms with E-state index in [9.17, 15) is 0 Å². The van der Waals surface area contributed by atoms with Gasteiger partial charge < -0.3 is 9.26 Å². The quantitative estimate of drug-likeness (QED) is 0.816. The van der Waals surface area contributed by atoms with Gasteiger partial charge in [0, 0.05) is 18.2 Å². The molecule has 1 fully saturated rings. The van der Waals surface area contributed by atoms with Crippen LogP contribution >= 0.6 is 0 Å². The molecule has 0 amide bonds. The topological polar surface area (TPSA) is 38.5 Å². The monoisotopic (exact) mass is 298 g/mol. The Labute approximate surface area is 131 Å². The van der Waals surface area contributed by atoms with E-state index in [1.54, 1.807) is 0 Å². The van der Waals surface area contributed by atoms with Crippen molar-refractivity contribution in [3.63, 3.8) is 0 Å². The Balaban J connectivity index is 1.60. The highest BCUT2D eigenvalue weighted by Gasteiger charge is 2.11. The Bertz CT molecular complexity index is 628. The summed E-state index contributed by atoms with van der Waals surface area (Å²) in [7, 11) is 0. The van der Waals surface area contributed by atoms with E-state index in [0.29, 0.717) is 0 Å². The third-order valence-electron chi connectivity index (χ3n) is 3.86. The van der Waals surface area contributed by atoms with Gasteiger partial charge in [-0.3, -0.25) is 4.90 Å². The van der Waals surface area contributed by atoms with Crippen LogP contribution in [0.3, 0.4) is 0 Å². The van der Waals surface area contributed by atoms with Gasteiger partial charge in [0.15, 0.2) is 5.76 Å². The lowest BCUT2D eigenvalue weighted by Crippen LogP contribution is -2.25. The molecule has 0 aliphatic carbocycles. The Morgan fingerprint density at radius 3 is 2.82 bits per heavy atom. The first-order valence-corrected chi connectivity index (χ1v) is 7.87. The van der Waals surface area contributed by atoms with E-state index in [4.69, 9.17) is 9.26 Å². The van der Waals surface area contributed by atoms with Gasteiger partial charge in [0.1, 0.15) is 12.4 Å². The number of hydrogen-bond donors (Lipinski definition) is 0. The Hall–Kier alpha value is -2.07. The van der Waals surface area contributed by atoms with E-state index in [0.717, 1.165) is 35.9 Å². The molecule has 1 aromatic heterocycles. The van der Waals surface area contributed by atoms with Crippen molar-refractivity contribution in [3.8, 4) is 5.75 Å². The molecule has 3 rings (SSSR count). The number of rotatable bonds is 6. The standard InChI is InChI=1S/C18H22N2O2/c1-15-14-17(22-19-15)9-8-16-6-2-3-7-18(16)21-13-12-20-10-4-5-11-20/h2-3,6-9,14H,4-5,10-13H2,1H3. The molecule has 2 aromatic rings. The summed E-state index contributed by atoms with van der Waals surface area (Å²) >= 11 is 0. The van der Waals surface area contributed by atoms with Crippen LogP contribution in [0.15, 0.2) is 34.9 Å². The van der Waals surface area contributed by atoms with E-state index in [2.05, 4.69) is 10.1 Å². The average Bonchev–Trinajstić information content (AvgIpc) is 3.18. The zero-order valence-electron chi connectivity index (χ0n) is 13.0. The summed E-state index contributed by atoms with van der Waals surface area (Å²) in [5.41, 5.74) is 1.94. The van der Waals surface area contributed by atoms with Crippen LogP contribution < -0.4 is 4.74 Å². The van der Waals surface area contributed by atoms with Crippen LogP contribution in [0.4, 0.5) is 0 Å². The molecular weight excluding hydrogens is 276 g/mol. The number of aryl methyl sites for hydroxylation is 1. The second kappa shape index (κ2) is 7.27. The molecule has 4 heteroatoms. The molecule has 1 aliphatic heterocycles. The van der Waals surface area contributed by atoms with E-state index in [1.165, 1.54) is 25.9 Å². The van der Waals surface area contributed by atoms with Gasteiger partial charge >= 0.3 is 0 Å². The number of likely N-dealkylation sites (tertiary alicyclic amines) is 1. The fourth-order valence-electron chi connectivity index (χ4n) is 2.67. The molecular formula is C18H22N2O2. The van der Waals surface area contributed by atoms with Crippen LogP contribution in [0.1, 0.15) is 29.9 Å². The van der Waals surface area contributed by atoms with Gasteiger partial charge in [-0.15, -0.1) is 0 Å². The predicted octanol–water partition coefficient (Wildman–Crippen LogP) is 3.63. The SMILES string of the molecule is Cc1cc(C=Cc2ccccc2OCCN2CCCC2)on1. The highest BCUT2D eigenvalue weighted by molar-refractivity contribution is 5.70. The van der Waals surface area contributed by atoms with Gasteiger partial charge in [-0.1, -0.05) is 23.4 Å². The second-order valence-electron chi connectivity index (χ2n) is 5.64. The van der Waals surface area contributed by atoms with E-state index < -0.39 is 0 Å². The molecule has 0 N–H and O–H groups in total. The molecule has 1 aromatic carbocycles. The number of para-hydroxylation sites is 1. The smallest absolute Gasteiger partial charge is 0.159 e. The molecule has 22 heavy (non-hydrogen) atoms. The highest BCUT2D eigenvalue weighted by Crippen LogP contribution is 2.21. The number of aromatic nitrogens is 1. The maximum atomic E-state index is 5.95. The Morgan fingerprint density at radius 2 is 2.05 bits per heavy atom. The molecule has 0 saturated carbocycles. The van der Waals surface area contributed by atoms with Crippen LogP contribution in [-0.4, -0.2) is 36.3 Å². The first-order chi connectivity index (χ1) is 10.8. The lowest BCUT2D eigenvalue weighted by molar-refractivity contribution is 0.237. The average molecular weight is 298 g/mol. The van der Waals surface area contributed by atoms with Crippen molar-refractivity contribution >= 4 is 12.2 Å². The summed E-state index contributed by atoms with van der Waals surface area (Å²) < 4.78 is 11.1. The van der Waals surface area contributed by atoms with E-state index in [-0.39, 0.29) is 0 Å². The number of hydrogen-bond acceptors (Lipinski definition) is 4. The minimum absolute atomic E-state index is 0.728. The summed E-state index contributed by atoms with van der Waals surface area (Å²) in [6, 6.07) is 9.98. The Kier molecular flexibility index (Phi) is 4.91. The van der Waals surface area contributed by atoms with Crippen molar-refractivity contribution < 1.29 is 9.26 Å². The first-order valence-electron chi connectivity index (χ1n) is 7.87. The zero-order chi connectivity index (χ0) is 15.2. The van der Waals surface area contributed by atoms with Crippen molar-refractivity contribution in [2.45, 2.75) is 19.8 Å². The van der Waals surface area contributed by atoms with E-state index >= 15 is 0 Å². The zero-order valence-corrected chi connectivity index (χ0v) is 13.0. The highest BCUT2D eigenvalue weighted by atomic mass is 16.5. The predicted molar refractivity (Wildman–Crippen MR) is 87.8 cm³/mol. The second-order valence-corrected chi connectivity index (χ2v) is 5.64. The molecule has 116 valence electrons. The summed E-state index contributed by atoms with van der Waals surface area (Å²) in [6.45, 7) is 6.05. The summed E-state index contributed by atoms with van der Waals surface area (Å²) in [6.07, 6.45) is 6.56. The lowest BCUT2D eigenvalue weighted by atomic mass is 10.2. The molecule has 2 heterocycles. The summed E-state index contributed by atoms with van der Waals surface area (Å²) in [5, 5.41) is 3.88. The van der Waals surface area contributed by atoms with Crippen LogP contribution in [0.5, 0.6) is 5.75 Å². The number of ether oxygens (including phenoxy) is 1. The van der Waals surface area contributed by atoms with Crippen LogP contribution in [0.25, 0.3) is 12.2 Å². The molecule has 0 unspecified atom stereocenters. The third-order valence-corrected chi connectivity index (χ3v) is 3.86. The molecule has 4 nitrogen and oxygen atoms in total. The van der Waals surface area contributed by atoms with Crippen LogP contribution in [0.2, 0.25) is 0 Å². The van der Waals surface area contributed by atoms with Gasteiger partial charge in [0.2, 0.25) is 0 Å². The normalized spacial score (nSPS) is 15.7. The fourth-order valence-corrected chi connectivity index (χ4v) is 2.67. The van der Waals surface area contributed by atoms with Gasteiger partial charge in [-0.05, 0) is 51.1 Å². The molecule has 0 bridgehead atoms. The van der Waals surface area contributed by atoms with Crippen LogP contribution in [0, 0.1) is 6.92 Å². The molecule has 0 atom stereocenters. The molecule has 0 spiro atoms. The van der Waals surface area contributed by atoms with Crippen molar-refractivity contribution in [1.82, 2.24) is 10.1 Å². The third kappa shape index (κ3) is 3.98. The lowest BCUT2D eigenvalue weighted by Gasteiger charge is -2.15. The van der Waals surface area contributed by atoms with Crippen molar-refractivity contribution in [2.24, 2.45) is 0 Å². The molecule has 1 aliphatic rings. The number of nitrogens with zero attached hydrogens (tertiary/aromatic N) is 2. The molecule has 0 radical (unpaired) electrons. The van der Waals surface area contributed by atoms with Gasteiger partial charge in [0.05, 0.1) is 5.69 Å². The van der Waals surface area contributed by atoms with Crippen molar-refractivity contribution in [1.29, 1.82) is 0 Å². The minimum Gasteiger partial charge on any atom is -0.492 e. The van der Waals surface area contributed by atoms with Gasteiger partial charge in [-0.2, -0.15) is 0 Å². The minimum atomic E-state index is 0.728. The first kappa shape index (κ1) is 14.9. The summed E-state index contributed by atoms with van der Waals surface area (Å²) in [4.78, 5) is 2.45.